The van der Waals surface area contributed by atoms with Crippen molar-refractivity contribution in [1.82, 2.24) is 24.3 Å². The van der Waals surface area contributed by atoms with E-state index in [1.165, 1.54) is 12.7 Å². The summed E-state index contributed by atoms with van der Waals surface area (Å²) in [5, 5.41) is 3.75. The molecule has 27 heavy (non-hydrogen) atoms. The maximum absolute atomic E-state index is 14.5. The molecule has 1 saturated carbocycles. The van der Waals surface area contributed by atoms with Gasteiger partial charge in [-0.2, -0.15) is 14.8 Å². The smallest absolute Gasteiger partial charge is 0.350 e. The second kappa shape index (κ2) is 7.36. The average Bonchev–Trinajstić information content (AvgIpc) is 3.21. The lowest BCUT2D eigenvalue weighted by Gasteiger charge is -2.40. The molecule has 0 N–H and O–H groups in total. The molecule has 1 unspecified atom stereocenters. The van der Waals surface area contributed by atoms with Crippen molar-refractivity contribution in [2.75, 3.05) is 6.61 Å². The molecular weight excluding hydrogens is 356 g/mol. The van der Waals surface area contributed by atoms with E-state index in [4.69, 9.17) is 4.74 Å². The molecule has 0 spiro atoms. The maximum atomic E-state index is 14.5. The first kappa shape index (κ1) is 17.5. The van der Waals surface area contributed by atoms with Gasteiger partial charge in [-0.05, 0) is 12.0 Å². The molecule has 0 saturated heterocycles. The molecule has 1 fully saturated rings. The minimum atomic E-state index is -1.29. The number of rotatable bonds is 6. The summed E-state index contributed by atoms with van der Waals surface area (Å²) >= 11 is 0. The third-order valence-corrected chi connectivity index (χ3v) is 4.69. The van der Waals surface area contributed by atoms with E-state index in [0.29, 0.717) is 13.0 Å². The maximum Gasteiger partial charge on any atom is 0.350 e. The lowest BCUT2D eigenvalue weighted by Crippen LogP contribution is -2.46. The monoisotopic (exact) mass is 373 g/mol. The molecule has 0 amide bonds. The van der Waals surface area contributed by atoms with Crippen LogP contribution in [0.5, 0.6) is 0 Å². The molecule has 7 nitrogen and oxygen atoms in total. The average molecular weight is 373 g/mol. The molecule has 3 atom stereocenters. The summed E-state index contributed by atoms with van der Waals surface area (Å²) < 4.78 is 36.4. The number of benzene rings is 1. The topological polar surface area (TPSA) is 74.8 Å². The SMILES string of the molecule is O=c1nc(-n2cncn2)c(F)cn1[C@@H]1C[C@H](COCc2ccccc2)C1F. The van der Waals surface area contributed by atoms with Crippen LogP contribution in [0.2, 0.25) is 0 Å². The Bertz CT molecular complexity index is 962. The van der Waals surface area contributed by atoms with Gasteiger partial charge in [-0.15, -0.1) is 0 Å². The van der Waals surface area contributed by atoms with Crippen molar-refractivity contribution >= 4 is 0 Å². The molecule has 1 aliphatic carbocycles. The quantitative estimate of drug-likeness (QED) is 0.661. The van der Waals surface area contributed by atoms with Gasteiger partial charge in [0.05, 0.1) is 19.3 Å². The number of aromatic nitrogens is 5. The van der Waals surface area contributed by atoms with Crippen molar-refractivity contribution in [1.29, 1.82) is 0 Å². The van der Waals surface area contributed by atoms with Crippen LogP contribution < -0.4 is 5.69 Å². The van der Waals surface area contributed by atoms with Crippen molar-refractivity contribution in [2.45, 2.75) is 25.2 Å². The summed E-state index contributed by atoms with van der Waals surface area (Å²) in [5.41, 5.74) is 0.285. The Hall–Kier alpha value is -2.94. The van der Waals surface area contributed by atoms with Crippen LogP contribution in [0.25, 0.3) is 5.82 Å². The molecule has 0 bridgehead atoms. The van der Waals surface area contributed by atoms with Gasteiger partial charge in [-0.25, -0.2) is 18.6 Å². The summed E-state index contributed by atoms with van der Waals surface area (Å²) in [6.45, 7) is 0.645. The molecular formula is C18H17F2N5O2. The summed E-state index contributed by atoms with van der Waals surface area (Å²) in [5.74, 6) is -1.36. The predicted molar refractivity (Wildman–Crippen MR) is 91.5 cm³/mol. The molecule has 3 aromatic rings. The molecule has 140 valence electrons. The Kier molecular flexibility index (Phi) is 4.76. The van der Waals surface area contributed by atoms with Gasteiger partial charge in [0.15, 0.2) is 11.6 Å². The number of hydrogen-bond donors (Lipinski definition) is 0. The summed E-state index contributed by atoms with van der Waals surface area (Å²) in [7, 11) is 0. The minimum absolute atomic E-state index is 0.244. The molecule has 1 aliphatic rings. The highest BCUT2D eigenvalue weighted by Gasteiger charge is 2.43. The Morgan fingerprint density at radius 1 is 1.26 bits per heavy atom. The summed E-state index contributed by atoms with van der Waals surface area (Å²) in [4.78, 5) is 19.6. The molecule has 2 aromatic heterocycles. The zero-order valence-electron chi connectivity index (χ0n) is 14.3. The second-order valence-corrected chi connectivity index (χ2v) is 6.45. The standard InChI is InChI=1S/C18H17F2N5O2/c19-14-7-24(18(26)23-17(14)25-11-21-10-22-25)15-6-13(16(15)20)9-27-8-12-4-2-1-3-5-12/h1-5,7,10-11,13,15-16H,6,8-9H2/t13-,15-,16?/m1/s1. The first-order valence-corrected chi connectivity index (χ1v) is 8.53. The molecule has 9 heteroatoms. The van der Waals surface area contributed by atoms with Gasteiger partial charge in [0, 0.05) is 12.1 Å². The molecule has 2 heterocycles. The zero-order chi connectivity index (χ0) is 18.8. The number of nitrogens with zero attached hydrogens (tertiary/aromatic N) is 5. The van der Waals surface area contributed by atoms with E-state index in [-0.39, 0.29) is 18.3 Å². The van der Waals surface area contributed by atoms with Crippen LogP contribution in [-0.4, -0.2) is 37.1 Å². The zero-order valence-corrected chi connectivity index (χ0v) is 14.3. The first-order valence-electron chi connectivity index (χ1n) is 8.53. The van der Waals surface area contributed by atoms with E-state index in [1.807, 2.05) is 30.3 Å². The fourth-order valence-electron chi connectivity index (χ4n) is 3.17. The number of halogens is 2. The van der Waals surface area contributed by atoms with E-state index >= 15 is 0 Å². The minimum Gasteiger partial charge on any atom is -0.376 e. The van der Waals surface area contributed by atoms with Crippen molar-refractivity contribution < 1.29 is 13.5 Å². The Morgan fingerprint density at radius 3 is 2.78 bits per heavy atom. The third-order valence-electron chi connectivity index (χ3n) is 4.69. The van der Waals surface area contributed by atoms with Gasteiger partial charge in [-0.3, -0.25) is 4.57 Å². The summed E-state index contributed by atoms with van der Waals surface area (Å²) in [6.07, 6.45) is 2.51. The van der Waals surface area contributed by atoms with Crippen LogP contribution in [0, 0.1) is 11.7 Å². The normalized spacial score (nSPS) is 21.8. The van der Waals surface area contributed by atoms with Crippen molar-refractivity contribution in [3.05, 3.63) is 71.0 Å². The lowest BCUT2D eigenvalue weighted by atomic mass is 9.78. The van der Waals surface area contributed by atoms with Crippen molar-refractivity contribution in [3.8, 4) is 5.82 Å². The Balaban J connectivity index is 1.39. The van der Waals surface area contributed by atoms with Gasteiger partial charge >= 0.3 is 5.69 Å². The highest BCUT2D eigenvalue weighted by atomic mass is 19.1. The molecule has 4 rings (SSSR count). The fourth-order valence-corrected chi connectivity index (χ4v) is 3.17. The molecule has 1 aromatic carbocycles. The number of ether oxygens (including phenoxy) is 1. The second-order valence-electron chi connectivity index (χ2n) is 6.45. The fraction of sp³-hybridized carbons (Fsp3) is 0.333. The highest BCUT2D eigenvalue weighted by molar-refractivity contribution is 5.20. The molecule has 0 radical (unpaired) electrons. The van der Waals surface area contributed by atoms with E-state index in [9.17, 15) is 13.6 Å². The van der Waals surface area contributed by atoms with E-state index < -0.39 is 23.7 Å². The Morgan fingerprint density at radius 2 is 2.07 bits per heavy atom. The first-order chi connectivity index (χ1) is 13.1. The van der Waals surface area contributed by atoms with Crippen LogP contribution >= 0.6 is 0 Å². The predicted octanol–water partition coefficient (Wildman–Crippen LogP) is 2.08. The van der Waals surface area contributed by atoms with E-state index in [0.717, 1.165) is 21.0 Å². The van der Waals surface area contributed by atoms with Gasteiger partial charge in [-0.1, -0.05) is 30.3 Å². The highest BCUT2D eigenvalue weighted by Crippen LogP contribution is 2.40. The number of alkyl halides is 1. The third kappa shape index (κ3) is 3.50. The van der Waals surface area contributed by atoms with Gasteiger partial charge in [0.25, 0.3) is 0 Å². The van der Waals surface area contributed by atoms with Crippen LogP contribution in [0.3, 0.4) is 0 Å². The van der Waals surface area contributed by atoms with Crippen molar-refractivity contribution in [3.63, 3.8) is 0 Å². The van der Waals surface area contributed by atoms with Gasteiger partial charge in [0.2, 0.25) is 0 Å². The Labute approximate surface area is 153 Å². The summed E-state index contributed by atoms with van der Waals surface area (Å²) in [6, 6.07) is 8.86. The van der Waals surface area contributed by atoms with E-state index in [1.54, 1.807) is 0 Å². The van der Waals surface area contributed by atoms with E-state index in [2.05, 4.69) is 15.1 Å². The van der Waals surface area contributed by atoms with Crippen molar-refractivity contribution in [2.24, 2.45) is 5.92 Å². The number of hydrogen-bond acceptors (Lipinski definition) is 5. The van der Waals surface area contributed by atoms with Crippen LogP contribution in [0.4, 0.5) is 8.78 Å². The van der Waals surface area contributed by atoms with Gasteiger partial charge < -0.3 is 4.74 Å². The molecule has 0 aliphatic heterocycles. The largest absolute Gasteiger partial charge is 0.376 e. The lowest BCUT2D eigenvalue weighted by molar-refractivity contribution is -0.0317. The van der Waals surface area contributed by atoms with Crippen LogP contribution in [0.15, 0.2) is 54.0 Å². The van der Waals surface area contributed by atoms with Gasteiger partial charge in [0.1, 0.15) is 18.8 Å². The van der Waals surface area contributed by atoms with Crippen LogP contribution in [0.1, 0.15) is 18.0 Å². The van der Waals surface area contributed by atoms with Crippen LogP contribution in [-0.2, 0) is 11.3 Å².